The molecule has 0 aliphatic heterocycles. The molecule has 0 spiro atoms. The molecule has 102 valence electrons. The highest BCUT2D eigenvalue weighted by molar-refractivity contribution is 5.99. The smallest absolute Gasteiger partial charge is 0.253 e. The largest absolute Gasteiger partial charge is 0.398 e. The molecular formula is C16H15FN2O. The van der Waals surface area contributed by atoms with Crippen LogP contribution in [0, 0.1) is 5.82 Å². The molecule has 4 heteroatoms. The van der Waals surface area contributed by atoms with E-state index < -0.39 is 5.82 Å². The van der Waals surface area contributed by atoms with Crippen LogP contribution in [0.5, 0.6) is 0 Å². The number of carbonyl (C=O) groups excluding carboxylic acids is 1. The zero-order chi connectivity index (χ0) is 14.1. The van der Waals surface area contributed by atoms with E-state index in [1.807, 2.05) is 12.1 Å². The second-order valence-electron chi connectivity index (χ2n) is 5.08. The Morgan fingerprint density at radius 2 is 1.80 bits per heavy atom. The maximum atomic E-state index is 13.0. The minimum absolute atomic E-state index is 0.0735. The van der Waals surface area contributed by atoms with Crippen molar-refractivity contribution in [3.05, 3.63) is 65.0 Å². The van der Waals surface area contributed by atoms with Crippen LogP contribution in [0.1, 0.15) is 21.5 Å². The monoisotopic (exact) mass is 270 g/mol. The third kappa shape index (κ3) is 2.37. The number of hydrogen-bond acceptors (Lipinski definition) is 2. The highest BCUT2D eigenvalue weighted by Gasteiger charge is 2.23. The molecule has 1 aliphatic rings. The maximum absolute atomic E-state index is 13.0. The van der Waals surface area contributed by atoms with Gasteiger partial charge in [-0.05, 0) is 42.2 Å². The van der Waals surface area contributed by atoms with E-state index in [1.165, 1.54) is 23.3 Å². The Hall–Kier alpha value is -2.36. The summed E-state index contributed by atoms with van der Waals surface area (Å²) in [6, 6.07) is 12.1. The van der Waals surface area contributed by atoms with Gasteiger partial charge >= 0.3 is 0 Å². The minimum Gasteiger partial charge on any atom is -0.398 e. The summed E-state index contributed by atoms with van der Waals surface area (Å²) < 4.78 is 13.0. The molecule has 3 N–H and O–H groups in total. The van der Waals surface area contributed by atoms with Crippen LogP contribution < -0.4 is 11.1 Å². The van der Waals surface area contributed by atoms with Crippen molar-refractivity contribution in [1.82, 2.24) is 5.32 Å². The molecule has 0 saturated heterocycles. The molecule has 3 nitrogen and oxygen atoms in total. The number of nitrogen functional groups attached to an aromatic ring is 1. The highest BCUT2D eigenvalue weighted by Crippen LogP contribution is 2.22. The summed E-state index contributed by atoms with van der Waals surface area (Å²) in [5.41, 5.74) is 8.70. The van der Waals surface area contributed by atoms with Gasteiger partial charge in [0.25, 0.3) is 5.91 Å². The van der Waals surface area contributed by atoms with Gasteiger partial charge in [0.1, 0.15) is 5.82 Å². The summed E-state index contributed by atoms with van der Waals surface area (Å²) in [4.78, 5) is 12.2. The molecule has 0 bridgehead atoms. The van der Waals surface area contributed by atoms with Crippen molar-refractivity contribution >= 4 is 11.6 Å². The number of hydrogen-bond donors (Lipinski definition) is 2. The van der Waals surface area contributed by atoms with Gasteiger partial charge in [0.15, 0.2) is 0 Å². The van der Waals surface area contributed by atoms with E-state index in [0.29, 0.717) is 5.56 Å². The van der Waals surface area contributed by atoms with E-state index in [0.717, 1.165) is 18.9 Å². The van der Waals surface area contributed by atoms with Crippen LogP contribution in [-0.4, -0.2) is 11.9 Å². The van der Waals surface area contributed by atoms with Crippen LogP contribution >= 0.6 is 0 Å². The summed E-state index contributed by atoms with van der Waals surface area (Å²) in [6.45, 7) is 0. The highest BCUT2D eigenvalue weighted by atomic mass is 19.1. The molecule has 0 unspecified atom stereocenters. The molecule has 0 atom stereocenters. The molecule has 0 heterocycles. The van der Waals surface area contributed by atoms with E-state index >= 15 is 0 Å². The number of halogens is 1. The van der Waals surface area contributed by atoms with E-state index in [1.54, 1.807) is 0 Å². The predicted molar refractivity (Wildman–Crippen MR) is 75.9 cm³/mol. The van der Waals surface area contributed by atoms with Gasteiger partial charge in [-0.25, -0.2) is 4.39 Å². The first-order chi connectivity index (χ1) is 9.63. The summed E-state index contributed by atoms with van der Waals surface area (Å²) >= 11 is 0. The Bertz CT molecular complexity index is 644. The Kier molecular flexibility index (Phi) is 3.14. The SMILES string of the molecule is Nc1cc(F)ccc1C(=O)NC1Cc2ccccc2C1. The Labute approximate surface area is 116 Å². The van der Waals surface area contributed by atoms with Crippen LogP contribution in [0.2, 0.25) is 0 Å². The number of amides is 1. The standard InChI is InChI=1S/C16H15FN2O/c17-12-5-6-14(15(18)9-12)16(20)19-13-7-10-3-1-2-4-11(10)8-13/h1-6,9,13H,7-8,18H2,(H,19,20). The van der Waals surface area contributed by atoms with Gasteiger partial charge < -0.3 is 11.1 Å². The number of fused-ring (bicyclic) bond motifs is 1. The van der Waals surface area contributed by atoms with E-state index in [-0.39, 0.29) is 17.6 Å². The first-order valence-corrected chi connectivity index (χ1v) is 6.56. The Morgan fingerprint density at radius 3 is 2.40 bits per heavy atom. The fourth-order valence-electron chi connectivity index (χ4n) is 2.66. The topological polar surface area (TPSA) is 55.1 Å². The van der Waals surface area contributed by atoms with Crippen molar-refractivity contribution in [3.8, 4) is 0 Å². The molecule has 2 aromatic rings. The fourth-order valence-corrected chi connectivity index (χ4v) is 2.66. The number of anilines is 1. The fraction of sp³-hybridized carbons (Fsp3) is 0.188. The molecular weight excluding hydrogens is 255 g/mol. The number of rotatable bonds is 2. The van der Waals surface area contributed by atoms with Crippen molar-refractivity contribution in [2.45, 2.75) is 18.9 Å². The maximum Gasteiger partial charge on any atom is 0.253 e. The van der Waals surface area contributed by atoms with Gasteiger partial charge in [0.2, 0.25) is 0 Å². The second kappa shape index (κ2) is 4.96. The number of nitrogens with two attached hydrogens (primary N) is 1. The van der Waals surface area contributed by atoms with Crippen molar-refractivity contribution in [2.75, 3.05) is 5.73 Å². The van der Waals surface area contributed by atoms with Gasteiger partial charge in [-0.1, -0.05) is 24.3 Å². The Balaban J connectivity index is 1.72. The second-order valence-corrected chi connectivity index (χ2v) is 5.08. The van der Waals surface area contributed by atoms with Crippen LogP contribution in [0.3, 0.4) is 0 Å². The average molecular weight is 270 g/mol. The molecule has 0 saturated carbocycles. The lowest BCUT2D eigenvalue weighted by molar-refractivity contribution is 0.0939. The van der Waals surface area contributed by atoms with E-state index in [2.05, 4.69) is 17.4 Å². The molecule has 2 aromatic carbocycles. The van der Waals surface area contributed by atoms with Crippen molar-refractivity contribution < 1.29 is 9.18 Å². The van der Waals surface area contributed by atoms with Crippen molar-refractivity contribution in [2.24, 2.45) is 0 Å². The van der Waals surface area contributed by atoms with Gasteiger partial charge in [0.05, 0.1) is 5.56 Å². The summed E-state index contributed by atoms with van der Waals surface area (Å²) in [6.07, 6.45) is 1.64. The van der Waals surface area contributed by atoms with E-state index in [4.69, 9.17) is 5.73 Å². The summed E-state index contributed by atoms with van der Waals surface area (Å²) in [7, 11) is 0. The molecule has 3 rings (SSSR count). The van der Waals surface area contributed by atoms with Crippen LogP contribution in [0.4, 0.5) is 10.1 Å². The van der Waals surface area contributed by atoms with E-state index in [9.17, 15) is 9.18 Å². The molecule has 0 fully saturated rings. The van der Waals surface area contributed by atoms with Gasteiger partial charge in [-0.15, -0.1) is 0 Å². The molecule has 1 aliphatic carbocycles. The number of benzene rings is 2. The van der Waals surface area contributed by atoms with Crippen molar-refractivity contribution in [3.63, 3.8) is 0 Å². The van der Waals surface area contributed by atoms with Crippen molar-refractivity contribution in [1.29, 1.82) is 0 Å². The zero-order valence-electron chi connectivity index (χ0n) is 10.9. The summed E-state index contributed by atoms with van der Waals surface area (Å²) in [5.74, 6) is -0.687. The molecule has 0 radical (unpaired) electrons. The lowest BCUT2D eigenvalue weighted by Gasteiger charge is -2.13. The van der Waals surface area contributed by atoms with Gasteiger partial charge in [0, 0.05) is 11.7 Å². The average Bonchev–Trinajstić information content (AvgIpc) is 2.80. The van der Waals surface area contributed by atoms with Gasteiger partial charge in [-0.2, -0.15) is 0 Å². The third-order valence-corrected chi connectivity index (χ3v) is 3.64. The van der Waals surface area contributed by atoms with Crippen LogP contribution in [0.25, 0.3) is 0 Å². The molecule has 20 heavy (non-hydrogen) atoms. The summed E-state index contributed by atoms with van der Waals surface area (Å²) in [5, 5.41) is 2.96. The van der Waals surface area contributed by atoms with Crippen LogP contribution in [-0.2, 0) is 12.8 Å². The lowest BCUT2D eigenvalue weighted by atomic mass is 10.1. The first-order valence-electron chi connectivity index (χ1n) is 6.56. The van der Waals surface area contributed by atoms with Crippen LogP contribution in [0.15, 0.2) is 42.5 Å². The molecule has 0 aromatic heterocycles. The third-order valence-electron chi connectivity index (χ3n) is 3.64. The minimum atomic E-state index is -0.438. The predicted octanol–water partition coefficient (Wildman–Crippen LogP) is 2.31. The number of carbonyl (C=O) groups is 1. The first kappa shape index (κ1) is 12.7. The Morgan fingerprint density at radius 1 is 1.15 bits per heavy atom. The lowest BCUT2D eigenvalue weighted by Crippen LogP contribution is -2.35. The zero-order valence-corrected chi connectivity index (χ0v) is 10.9. The number of nitrogens with one attached hydrogen (secondary N) is 1. The quantitative estimate of drug-likeness (QED) is 0.823. The van der Waals surface area contributed by atoms with Gasteiger partial charge in [-0.3, -0.25) is 4.79 Å². The normalized spacial score (nSPS) is 14.1. The molecule has 1 amide bonds.